The zero-order valence-electron chi connectivity index (χ0n) is 97.6. The number of thioether (sulfide) groups is 1. The van der Waals surface area contributed by atoms with Crippen LogP contribution >= 0.6 is 11.8 Å². The van der Waals surface area contributed by atoms with Crippen molar-refractivity contribution in [1.82, 2.24) is 0 Å². The van der Waals surface area contributed by atoms with Gasteiger partial charge in [0.15, 0.2) is 40.5 Å². The second-order valence-corrected chi connectivity index (χ2v) is 61.7. The SMILES string of the molecule is C=C1C[C@]2(C)C3=CC(=O)[C@@H]4[C@@H]5CC(C)(C)CC[C@]5(C(=O)OC)CC[C@@]4(C)[C@]3(C)CC[C@H]2[C@@](C)(CO)C1=O.COC(=O)[C@]12CCC(C)(C)C[C@H]1[C@H]1C(=O)C=C3[C@@]4(C)C/C(=C(/C)SC)C(=O)[C@](C)(CO)[C@@H]4CC[C@@]3(C)[C@]1(C)CC2.COC(=O)[C@]12CCC(C)(C)C[C@H]1[C@H]1C(=O)C=C3[C@@]4(C)C/C(=C\F)C(=O)[C@](C)(CO)[C@@H]4CC[C@@]3(C)[C@]1(C)CC2.COC(=O)[C@]12CCC(C)(C)C[C@H]1[C@H]1C(=O)C=C3[C@@]4(C)CCC(=O)C(C)(C)[C@@H]4CC[C@@]3(C)[C@]1(C)CC2. The Balaban J connectivity index is 0.000000136. The van der Waals surface area contributed by atoms with Gasteiger partial charge in [0.2, 0.25) is 0 Å². The van der Waals surface area contributed by atoms with Gasteiger partial charge in [0, 0.05) is 46.7 Å². The van der Waals surface area contributed by atoms with Crippen LogP contribution in [0.4, 0.5) is 4.39 Å². The molecule has 0 aromatic carbocycles. The number of rotatable bonds is 8. The van der Waals surface area contributed by atoms with E-state index in [1.807, 2.05) is 51.3 Å². The first kappa shape index (κ1) is 115. The molecule has 31 atom stereocenters. The maximum atomic E-state index is 14.6. The number of halogens is 1. The quantitative estimate of drug-likeness (QED) is 0.115. The summed E-state index contributed by atoms with van der Waals surface area (Å²) in [6.45, 7) is 61.0. The van der Waals surface area contributed by atoms with Crippen molar-refractivity contribution in [3.63, 3.8) is 0 Å². The highest BCUT2D eigenvalue weighted by Gasteiger charge is 2.79. The van der Waals surface area contributed by atoms with Gasteiger partial charge in [-0.25, -0.2) is 4.39 Å². The molecule has 20 rings (SSSR count). The van der Waals surface area contributed by atoms with E-state index in [2.05, 4.69) is 159 Å². The molecule has 0 aliphatic heterocycles. The predicted molar refractivity (Wildman–Crippen MR) is 581 cm³/mol. The fourth-order valence-corrected chi connectivity index (χ4v) is 42.6. The van der Waals surface area contributed by atoms with Crippen LogP contribution in [0.2, 0.25) is 0 Å². The third kappa shape index (κ3) is 15.3. The monoisotopic (exact) mass is 2090 g/mol. The molecule has 0 spiro atoms. The van der Waals surface area contributed by atoms with Crippen LogP contribution in [-0.2, 0) is 76.5 Å². The number of fused-ring (bicyclic) bond motifs is 28. The summed E-state index contributed by atoms with van der Waals surface area (Å²) in [6.07, 6.45) is 36.6. The third-order valence-electron chi connectivity index (χ3n) is 51.8. The van der Waals surface area contributed by atoms with Crippen LogP contribution in [0.1, 0.15) is 392 Å². The molecule has 150 heavy (non-hydrogen) atoms. The largest absolute Gasteiger partial charge is 0.469 e. The molecule has 3 N–H and O–H groups in total. The Morgan fingerprint density at radius 2 is 0.613 bits per heavy atom. The van der Waals surface area contributed by atoms with Gasteiger partial charge in [0.05, 0.1) is 92.5 Å². The van der Waals surface area contributed by atoms with Gasteiger partial charge < -0.3 is 34.3 Å². The molecule has 0 bridgehead atoms. The van der Waals surface area contributed by atoms with Gasteiger partial charge in [-0.2, -0.15) is 0 Å². The van der Waals surface area contributed by atoms with Crippen molar-refractivity contribution in [3.8, 4) is 0 Å². The lowest BCUT2D eigenvalue weighted by atomic mass is 9.33. The summed E-state index contributed by atoms with van der Waals surface area (Å²) in [4.78, 5) is 165. The Morgan fingerprint density at radius 1 is 0.353 bits per heavy atom. The van der Waals surface area contributed by atoms with E-state index >= 15 is 0 Å². The minimum Gasteiger partial charge on any atom is -0.469 e. The van der Waals surface area contributed by atoms with E-state index in [0.717, 1.165) is 201 Å². The molecule has 16 fully saturated rings. The highest BCUT2D eigenvalue weighted by Crippen LogP contribution is 2.83. The second-order valence-electron chi connectivity index (χ2n) is 60.6. The Labute approximate surface area is 901 Å². The van der Waals surface area contributed by atoms with Crippen LogP contribution in [0.15, 0.2) is 81.1 Å². The molecule has 0 radical (unpaired) electrons. The van der Waals surface area contributed by atoms with Crippen molar-refractivity contribution < 1.29 is 96.2 Å². The fourth-order valence-electron chi connectivity index (χ4n) is 42.2. The number of hydrogen-bond donors (Lipinski definition) is 3. The second kappa shape index (κ2) is 36.6. The lowest BCUT2D eigenvalue weighted by molar-refractivity contribution is -0.193. The third-order valence-corrected chi connectivity index (χ3v) is 52.7. The fraction of sp³-hybridized carbons (Fsp3) is 0.798. The molecular weight excluding hydrogens is 1900 g/mol. The number of aliphatic hydroxyl groups excluding tert-OH is 3. The zero-order valence-corrected chi connectivity index (χ0v) is 98.5. The van der Waals surface area contributed by atoms with Gasteiger partial charge in [-0.3, -0.25) is 57.5 Å². The first-order valence-electron chi connectivity index (χ1n) is 57.9. The summed E-state index contributed by atoms with van der Waals surface area (Å²) in [5.41, 5.74) is -2.80. The van der Waals surface area contributed by atoms with E-state index < -0.39 is 54.1 Å². The van der Waals surface area contributed by atoms with Crippen molar-refractivity contribution in [2.75, 3.05) is 54.5 Å². The molecule has 19 nitrogen and oxygen atoms in total. The number of esters is 4. The van der Waals surface area contributed by atoms with Crippen LogP contribution in [-0.4, -0.2) is 140 Å². The van der Waals surface area contributed by atoms with Crippen LogP contribution in [0.5, 0.6) is 0 Å². The molecule has 20 aliphatic rings. The molecule has 0 aromatic rings. The van der Waals surface area contributed by atoms with Gasteiger partial charge in [0.25, 0.3) is 0 Å². The Bertz CT molecular complexity index is 5910. The highest BCUT2D eigenvalue weighted by molar-refractivity contribution is 8.02. The van der Waals surface area contributed by atoms with Crippen LogP contribution in [0, 0.1) is 201 Å². The molecule has 830 valence electrons. The number of hydrogen-bond acceptors (Lipinski definition) is 20. The van der Waals surface area contributed by atoms with E-state index in [1.165, 1.54) is 39.6 Å². The summed E-state index contributed by atoms with van der Waals surface area (Å²) in [7, 11) is 5.96. The molecule has 0 amide bonds. The molecule has 0 saturated heterocycles. The summed E-state index contributed by atoms with van der Waals surface area (Å²) >= 11 is 1.59. The van der Waals surface area contributed by atoms with Gasteiger partial charge in [-0.15, -0.1) is 11.8 Å². The normalized spacial score (nSPS) is 48.2. The molecule has 21 heteroatoms. The molecule has 0 aromatic heterocycles. The van der Waals surface area contributed by atoms with Crippen LogP contribution in [0.25, 0.3) is 0 Å². The van der Waals surface area contributed by atoms with Crippen molar-refractivity contribution in [3.05, 3.63) is 81.1 Å². The Morgan fingerprint density at radius 3 is 0.893 bits per heavy atom. The van der Waals surface area contributed by atoms with Crippen molar-refractivity contribution in [2.24, 2.45) is 201 Å². The summed E-state index contributed by atoms with van der Waals surface area (Å²) in [5.74, 6) is -0.909. The zero-order chi connectivity index (χ0) is 111. The number of allylic oxidation sites excluding steroid dienone is 12. The van der Waals surface area contributed by atoms with Crippen LogP contribution < -0.4 is 0 Å². The smallest absolute Gasteiger partial charge is 0.312 e. The number of carbonyl (C=O) groups is 12. The topological polar surface area (TPSA) is 302 Å². The number of methoxy groups -OCH3 is 4. The van der Waals surface area contributed by atoms with Crippen molar-refractivity contribution in [2.45, 2.75) is 392 Å². The van der Waals surface area contributed by atoms with E-state index in [4.69, 9.17) is 18.9 Å². The number of aliphatic hydroxyl groups is 3. The summed E-state index contributed by atoms with van der Waals surface area (Å²) in [5, 5.41) is 31.6. The maximum Gasteiger partial charge on any atom is 0.312 e. The molecular formula is C129H187FO19S. The molecule has 20 aliphatic carbocycles. The number of ketones is 8. The van der Waals surface area contributed by atoms with Crippen LogP contribution in [0.3, 0.4) is 0 Å². The first-order chi connectivity index (χ1) is 69.3. The molecule has 0 unspecified atom stereocenters. The first-order valence-corrected chi connectivity index (χ1v) is 59.1. The lowest BCUT2D eigenvalue weighted by Gasteiger charge is -2.69. The van der Waals surface area contributed by atoms with E-state index in [-0.39, 0.29) is 243 Å². The van der Waals surface area contributed by atoms with Gasteiger partial charge in [-0.1, -0.05) is 181 Å². The number of ether oxygens (including phenoxy) is 4. The van der Waals surface area contributed by atoms with Crippen molar-refractivity contribution in [1.29, 1.82) is 0 Å². The number of Topliss-reactive ketones (excluding diaryl/α,β-unsaturated/α-hetero) is 4. The van der Waals surface area contributed by atoms with Gasteiger partial charge >= 0.3 is 23.9 Å². The molecule has 16 saturated carbocycles. The number of carbonyl (C=O) groups excluding carboxylic acids is 12. The lowest BCUT2D eigenvalue weighted by Crippen LogP contribution is -2.66. The molecule has 0 heterocycles. The Kier molecular flexibility index (Phi) is 27.9. The van der Waals surface area contributed by atoms with Crippen molar-refractivity contribution >= 4 is 81.9 Å². The van der Waals surface area contributed by atoms with Gasteiger partial charge in [-0.05, 0) is 408 Å². The average molecular weight is 2090 g/mol. The average Bonchev–Trinajstić information content (AvgIpc) is 0.675. The minimum absolute atomic E-state index is 0.0227. The summed E-state index contributed by atoms with van der Waals surface area (Å²) in [6, 6.07) is 0. The highest BCUT2D eigenvalue weighted by atomic mass is 32.2. The van der Waals surface area contributed by atoms with E-state index in [0.29, 0.717) is 43.4 Å². The van der Waals surface area contributed by atoms with E-state index in [1.54, 1.807) is 18.7 Å². The summed E-state index contributed by atoms with van der Waals surface area (Å²) < 4.78 is 35.8. The maximum absolute atomic E-state index is 14.6. The minimum atomic E-state index is -1.09. The predicted octanol–water partition coefficient (Wildman–Crippen LogP) is 25.6. The Hall–Kier alpha value is -6.42. The van der Waals surface area contributed by atoms with Gasteiger partial charge in [0.1, 0.15) is 5.78 Å². The van der Waals surface area contributed by atoms with E-state index in [9.17, 15) is 77.2 Å². The standard InChI is InChI=1S/C34H50O5S.C32H45FO5.C32H46O5.C31H46O4/c1-20(40-9)21-17-30(4)24(31(5,19-35)27(21)37)10-11-32(6)25(30)16-23(36)26-22-18-29(2,3)12-14-34(22,28(38)39-8)15-13-33(26,32)7;1-27(2)10-12-32(26(37)38-7)13-11-31(6)24(20(32)16-27)21(35)14-23-28(3)15-19(17-33)25(36)29(4,18-34)22(28)8-9-30(23,31)5;1-19-16-28(4)22(29(5,18-33)25(19)35)9-10-30(6)23(28)15-21(34)24-20-17-27(2,3)11-13-32(20,26(36)37-8)14-12-31(24,30)7;1-26(2)13-15-31(25(34)35-8)16-14-30(7)24(19(31)18-26)20(32)17-22-28(5)11-10-23(33)27(3,4)21(28)9-12-29(22,30)6/h16,22,24,26,35H,10-15,17-19H2,1-9H3;14,17,20,22,24,34H,8-13,15-16,18H2,1-7H3;15,20,22,24,33H,1,9-14,16-18H2,2-8H3;17,19,21,24H,9-16,18H2,1-8H3/b21-20+;19-17+;;/t22-,24+,26-,30-,31+,32+,33+,34-;2*20-,22+,24-,28-,29+,30+,31+,32-;19-,21-,24-,28-,29+,30+,31-/m0000/s1.